The summed E-state index contributed by atoms with van der Waals surface area (Å²) in [5.41, 5.74) is 11.2. The van der Waals surface area contributed by atoms with E-state index in [2.05, 4.69) is 168 Å². The Labute approximate surface area is 304 Å². The molecular formula is C47H30N4O2. The van der Waals surface area contributed by atoms with Gasteiger partial charge in [-0.05, 0) is 136 Å². The van der Waals surface area contributed by atoms with Crippen LogP contribution in [0.5, 0.6) is 0 Å². The Hall–Kier alpha value is -6.92. The van der Waals surface area contributed by atoms with Crippen molar-refractivity contribution in [1.82, 2.24) is 20.4 Å². The van der Waals surface area contributed by atoms with Crippen molar-refractivity contribution in [3.05, 3.63) is 157 Å². The van der Waals surface area contributed by atoms with E-state index in [1.807, 2.05) is 0 Å². The molecule has 0 saturated carbocycles. The number of aromatic nitrogens is 4. The summed E-state index contributed by atoms with van der Waals surface area (Å²) in [6.07, 6.45) is 2.77. The Balaban J connectivity index is 1.29. The number of fused-ring (bicyclic) bond motifs is 7. The normalized spacial score (nSPS) is 13.2. The molecule has 0 N–H and O–H groups in total. The van der Waals surface area contributed by atoms with Crippen LogP contribution in [0.15, 0.2) is 155 Å². The summed E-state index contributed by atoms with van der Waals surface area (Å²) >= 11 is 0. The highest BCUT2D eigenvalue weighted by atomic mass is 16.4. The molecule has 0 bridgehead atoms. The number of nitrogens with zero attached hydrogens (tertiary/aromatic N) is 4. The van der Waals surface area contributed by atoms with Gasteiger partial charge in [0.05, 0.1) is 0 Å². The first-order valence-corrected chi connectivity index (χ1v) is 17.8. The van der Waals surface area contributed by atoms with Gasteiger partial charge in [-0.1, -0.05) is 98.8 Å². The fraction of sp³-hybridized carbons (Fsp3) is 0.0638. The van der Waals surface area contributed by atoms with Gasteiger partial charge in [0.2, 0.25) is 24.6 Å². The van der Waals surface area contributed by atoms with Gasteiger partial charge in [0, 0.05) is 16.5 Å². The van der Waals surface area contributed by atoms with Crippen LogP contribution in [0, 0.1) is 0 Å². The molecule has 0 spiro atoms. The quantitative estimate of drug-likeness (QED) is 0.172. The second-order valence-electron chi connectivity index (χ2n) is 14.5. The summed E-state index contributed by atoms with van der Waals surface area (Å²) in [5.74, 6) is 1.01. The van der Waals surface area contributed by atoms with Gasteiger partial charge >= 0.3 is 0 Å². The third-order valence-electron chi connectivity index (χ3n) is 11.2. The van der Waals surface area contributed by atoms with Crippen molar-refractivity contribution in [2.45, 2.75) is 19.3 Å². The second-order valence-corrected chi connectivity index (χ2v) is 14.5. The maximum absolute atomic E-state index is 5.75. The van der Waals surface area contributed by atoms with Crippen LogP contribution in [0.4, 0.5) is 0 Å². The maximum atomic E-state index is 5.75. The largest absolute Gasteiger partial charge is 0.423 e. The van der Waals surface area contributed by atoms with Crippen molar-refractivity contribution < 1.29 is 8.83 Å². The third-order valence-corrected chi connectivity index (χ3v) is 11.2. The number of benzene rings is 8. The van der Waals surface area contributed by atoms with E-state index in [1.54, 1.807) is 0 Å². The average Bonchev–Trinajstić information content (AvgIpc) is 3.98. The van der Waals surface area contributed by atoms with E-state index < -0.39 is 0 Å². The monoisotopic (exact) mass is 682 g/mol. The number of rotatable bonds is 4. The molecular weight excluding hydrogens is 653 g/mol. The van der Waals surface area contributed by atoms with E-state index in [0.717, 1.165) is 27.5 Å². The van der Waals surface area contributed by atoms with Crippen molar-refractivity contribution in [2.75, 3.05) is 0 Å². The molecule has 1 aliphatic carbocycles. The van der Waals surface area contributed by atoms with Crippen LogP contribution in [-0.2, 0) is 5.41 Å². The molecule has 0 fully saturated rings. The fourth-order valence-corrected chi connectivity index (χ4v) is 8.63. The van der Waals surface area contributed by atoms with Crippen LogP contribution in [0.2, 0.25) is 0 Å². The minimum atomic E-state index is -0.292. The van der Waals surface area contributed by atoms with Crippen molar-refractivity contribution >= 4 is 43.1 Å². The predicted octanol–water partition coefficient (Wildman–Crippen LogP) is 12.0. The lowest BCUT2D eigenvalue weighted by Crippen LogP contribution is -2.15. The second kappa shape index (κ2) is 11.0. The molecule has 250 valence electrons. The molecule has 2 aromatic heterocycles. The van der Waals surface area contributed by atoms with Crippen LogP contribution in [0.1, 0.15) is 25.0 Å². The molecule has 53 heavy (non-hydrogen) atoms. The maximum Gasteiger partial charge on any atom is 0.247 e. The summed E-state index contributed by atoms with van der Waals surface area (Å²) in [5, 5.41) is 25.9. The van der Waals surface area contributed by atoms with Gasteiger partial charge in [-0.2, -0.15) is 0 Å². The topological polar surface area (TPSA) is 77.8 Å². The molecule has 11 rings (SSSR count). The highest BCUT2D eigenvalue weighted by Crippen LogP contribution is 2.54. The Morgan fingerprint density at radius 3 is 1.55 bits per heavy atom. The molecule has 8 aromatic carbocycles. The molecule has 0 amide bonds. The van der Waals surface area contributed by atoms with E-state index in [4.69, 9.17) is 8.83 Å². The number of hydrogen-bond acceptors (Lipinski definition) is 6. The molecule has 0 aliphatic heterocycles. The Bertz CT molecular complexity index is 3090. The Morgan fingerprint density at radius 1 is 0.415 bits per heavy atom. The van der Waals surface area contributed by atoms with Crippen molar-refractivity contribution in [2.24, 2.45) is 0 Å². The summed E-state index contributed by atoms with van der Waals surface area (Å²) in [7, 11) is 0. The minimum absolute atomic E-state index is 0.292. The van der Waals surface area contributed by atoms with Gasteiger partial charge < -0.3 is 8.83 Å². The van der Waals surface area contributed by atoms with Crippen LogP contribution < -0.4 is 0 Å². The van der Waals surface area contributed by atoms with Gasteiger partial charge in [0.25, 0.3) is 0 Å². The van der Waals surface area contributed by atoms with Gasteiger partial charge in [0.1, 0.15) is 0 Å². The lowest BCUT2D eigenvalue weighted by molar-refractivity contribution is 0.568. The van der Waals surface area contributed by atoms with E-state index >= 15 is 0 Å². The number of hydrogen-bond donors (Lipinski definition) is 0. The third kappa shape index (κ3) is 4.45. The summed E-state index contributed by atoms with van der Waals surface area (Å²) in [6, 6.07) is 48.7. The van der Waals surface area contributed by atoms with Gasteiger partial charge in [-0.15, -0.1) is 20.4 Å². The minimum Gasteiger partial charge on any atom is -0.423 e. The zero-order valence-electron chi connectivity index (χ0n) is 29.0. The van der Waals surface area contributed by atoms with E-state index in [-0.39, 0.29) is 5.41 Å². The summed E-state index contributed by atoms with van der Waals surface area (Å²) in [4.78, 5) is 0. The lowest BCUT2D eigenvalue weighted by Gasteiger charge is -2.24. The van der Waals surface area contributed by atoms with Gasteiger partial charge in [-0.3, -0.25) is 0 Å². The molecule has 1 aliphatic rings. The van der Waals surface area contributed by atoms with Crippen LogP contribution in [0.25, 0.3) is 99.4 Å². The van der Waals surface area contributed by atoms with Gasteiger partial charge in [0.15, 0.2) is 0 Å². The SMILES string of the molecule is CC1(C)c2cc(-c3nnco3)ccc2-c2cc3c(-c4ccc5ccccc5c4)c4ccc(-c5nnco5)cc4c(-c4ccc5ccccc5c4)c3cc21. The van der Waals surface area contributed by atoms with Crippen molar-refractivity contribution in [3.8, 4) is 56.3 Å². The van der Waals surface area contributed by atoms with Crippen LogP contribution >= 0.6 is 0 Å². The molecule has 6 nitrogen and oxygen atoms in total. The first kappa shape index (κ1) is 29.8. The van der Waals surface area contributed by atoms with E-state index in [1.165, 1.54) is 84.0 Å². The summed E-state index contributed by atoms with van der Waals surface area (Å²) in [6.45, 7) is 4.63. The zero-order chi connectivity index (χ0) is 35.3. The first-order chi connectivity index (χ1) is 26.0. The molecule has 0 atom stereocenters. The van der Waals surface area contributed by atoms with Crippen LogP contribution in [-0.4, -0.2) is 20.4 Å². The first-order valence-electron chi connectivity index (χ1n) is 17.8. The predicted molar refractivity (Wildman–Crippen MR) is 211 cm³/mol. The Morgan fingerprint density at radius 2 is 0.925 bits per heavy atom. The van der Waals surface area contributed by atoms with Crippen molar-refractivity contribution in [1.29, 1.82) is 0 Å². The molecule has 6 heteroatoms. The molecule has 10 aromatic rings. The highest BCUT2D eigenvalue weighted by Gasteiger charge is 2.37. The van der Waals surface area contributed by atoms with E-state index in [9.17, 15) is 0 Å². The molecule has 0 unspecified atom stereocenters. The highest BCUT2D eigenvalue weighted by molar-refractivity contribution is 6.23. The standard InChI is InChI=1S/C47H30N4O2/c1-47(2)41-22-34(46-51-49-26-53-46)15-17-35(41)37-23-39-40(24-42(37)47)44(32-14-12-28-8-4-6-10-30(28)20-32)38-21-33(45-50-48-25-52-45)16-18-36(38)43(39)31-13-11-27-7-3-5-9-29(27)19-31/h3-26H,1-2H3. The molecule has 0 radical (unpaired) electrons. The molecule has 2 heterocycles. The van der Waals surface area contributed by atoms with Gasteiger partial charge in [-0.25, -0.2) is 0 Å². The summed E-state index contributed by atoms with van der Waals surface area (Å²) < 4.78 is 11.4. The average molecular weight is 683 g/mol. The molecule has 0 saturated heterocycles. The zero-order valence-corrected chi connectivity index (χ0v) is 29.0. The lowest BCUT2D eigenvalue weighted by atomic mass is 9.79. The Kier molecular flexibility index (Phi) is 6.20. The smallest absolute Gasteiger partial charge is 0.247 e. The van der Waals surface area contributed by atoms with Crippen LogP contribution in [0.3, 0.4) is 0 Å². The van der Waals surface area contributed by atoms with E-state index in [0.29, 0.717) is 11.8 Å². The van der Waals surface area contributed by atoms with Crippen molar-refractivity contribution in [3.63, 3.8) is 0 Å². The fourth-order valence-electron chi connectivity index (χ4n) is 8.63.